The van der Waals surface area contributed by atoms with Crippen LogP contribution < -0.4 is 5.73 Å². The molecule has 0 saturated carbocycles. The molecule has 0 aliphatic heterocycles. The van der Waals surface area contributed by atoms with Crippen molar-refractivity contribution >= 4 is 5.91 Å². The third-order valence-corrected chi connectivity index (χ3v) is 3.16. The number of amides is 1. The minimum atomic E-state index is -1.34. The third-order valence-electron chi connectivity index (χ3n) is 3.16. The van der Waals surface area contributed by atoms with E-state index in [4.69, 9.17) is 10.5 Å². The molecule has 0 bridgehead atoms. The number of hydrogen-bond donors (Lipinski definition) is 2. The molecule has 20 heavy (non-hydrogen) atoms. The van der Waals surface area contributed by atoms with Gasteiger partial charge in [0, 0.05) is 6.61 Å². The number of primary amides is 1. The Kier molecular flexibility index (Phi) is 4.05. The normalized spacial score (nSPS) is 13.7. The molecular formula is C16H17NO3. The van der Waals surface area contributed by atoms with Gasteiger partial charge in [-0.3, -0.25) is 4.79 Å². The maximum Gasteiger partial charge on any atom is 0.259 e. The maximum atomic E-state index is 12.1. The lowest BCUT2D eigenvalue weighted by atomic mass is 9.85. The van der Waals surface area contributed by atoms with E-state index in [9.17, 15) is 9.90 Å². The Morgan fingerprint density at radius 3 is 2.15 bits per heavy atom. The molecular weight excluding hydrogens is 254 g/mol. The van der Waals surface area contributed by atoms with Gasteiger partial charge in [0.1, 0.15) is 5.75 Å². The van der Waals surface area contributed by atoms with Crippen molar-refractivity contribution in [3.05, 3.63) is 65.7 Å². The van der Waals surface area contributed by atoms with E-state index in [-0.39, 0.29) is 5.75 Å². The van der Waals surface area contributed by atoms with E-state index in [1.807, 2.05) is 18.2 Å². The van der Waals surface area contributed by atoms with Gasteiger partial charge in [-0.2, -0.15) is 0 Å². The summed E-state index contributed by atoms with van der Waals surface area (Å²) >= 11 is 0. The summed E-state index contributed by atoms with van der Waals surface area (Å²) in [6.07, 6.45) is 0. The Morgan fingerprint density at radius 2 is 1.65 bits per heavy atom. The van der Waals surface area contributed by atoms with E-state index in [0.29, 0.717) is 17.7 Å². The second-order valence-electron chi connectivity index (χ2n) is 4.39. The fourth-order valence-electron chi connectivity index (χ4n) is 2.27. The first-order valence-corrected chi connectivity index (χ1v) is 6.40. The lowest BCUT2D eigenvalue weighted by Gasteiger charge is -2.31. The van der Waals surface area contributed by atoms with E-state index in [1.54, 1.807) is 31.2 Å². The molecule has 104 valence electrons. The average molecular weight is 271 g/mol. The SMILES string of the molecule is CCO[C@@](C(N)=O)(c1ccccc1)c1ccc(O)cc1. The van der Waals surface area contributed by atoms with E-state index < -0.39 is 11.5 Å². The predicted octanol–water partition coefficient (Wildman–Crippen LogP) is 2.16. The van der Waals surface area contributed by atoms with Crippen LogP contribution in [0, 0.1) is 0 Å². The van der Waals surface area contributed by atoms with Gasteiger partial charge in [-0.1, -0.05) is 42.5 Å². The molecule has 2 aromatic rings. The second kappa shape index (κ2) is 5.75. The predicted molar refractivity (Wildman–Crippen MR) is 76.1 cm³/mol. The Hall–Kier alpha value is -2.33. The van der Waals surface area contributed by atoms with Crippen LogP contribution in [-0.4, -0.2) is 17.6 Å². The molecule has 2 aromatic carbocycles. The van der Waals surface area contributed by atoms with Crippen LogP contribution in [-0.2, 0) is 15.1 Å². The van der Waals surface area contributed by atoms with E-state index >= 15 is 0 Å². The zero-order chi connectivity index (χ0) is 14.6. The summed E-state index contributed by atoms with van der Waals surface area (Å²) in [6.45, 7) is 2.14. The van der Waals surface area contributed by atoms with E-state index in [0.717, 1.165) is 0 Å². The first kappa shape index (κ1) is 14.1. The summed E-state index contributed by atoms with van der Waals surface area (Å²) in [5.74, 6) is -0.465. The average Bonchev–Trinajstić information content (AvgIpc) is 2.46. The summed E-state index contributed by atoms with van der Waals surface area (Å²) in [6, 6.07) is 15.4. The van der Waals surface area contributed by atoms with Crippen LogP contribution in [0.15, 0.2) is 54.6 Å². The van der Waals surface area contributed by atoms with Crippen molar-refractivity contribution in [2.24, 2.45) is 5.73 Å². The van der Waals surface area contributed by atoms with Crippen molar-refractivity contribution in [3.8, 4) is 5.75 Å². The van der Waals surface area contributed by atoms with Crippen molar-refractivity contribution < 1.29 is 14.6 Å². The number of carbonyl (C=O) groups excluding carboxylic acids is 1. The molecule has 0 radical (unpaired) electrons. The van der Waals surface area contributed by atoms with E-state index in [2.05, 4.69) is 0 Å². The minimum Gasteiger partial charge on any atom is -0.508 e. The number of benzene rings is 2. The molecule has 0 aliphatic carbocycles. The van der Waals surface area contributed by atoms with Crippen LogP contribution in [0.5, 0.6) is 5.75 Å². The molecule has 0 aromatic heterocycles. The third kappa shape index (κ3) is 2.38. The molecule has 4 heteroatoms. The summed E-state index contributed by atoms with van der Waals surface area (Å²) in [7, 11) is 0. The van der Waals surface area contributed by atoms with E-state index in [1.165, 1.54) is 12.1 Å². The summed E-state index contributed by atoms with van der Waals surface area (Å²) in [4.78, 5) is 12.1. The molecule has 0 spiro atoms. The highest BCUT2D eigenvalue weighted by Gasteiger charge is 2.41. The van der Waals surface area contributed by atoms with Crippen molar-refractivity contribution in [1.29, 1.82) is 0 Å². The van der Waals surface area contributed by atoms with Crippen LogP contribution in [0.3, 0.4) is 0 Å². The molecule has 0 fully saturated rings. The highest BCUT2D eigenvalue weighted by atomic mass is 16.5. The van der Waals surface area contributed by atoms with Gasteiger partial charge in [0.15, 0.2) is 5.60 Å². The largest absolute Gasteiger partial charge is 0.508 e. The van der Waals surface area contributed by atoms with Crippen molar-refractivity contribution in [1.82, 2.24) is 0 Å². The molecule has 0 aliphatic rings. The fourth-order valence-corrected chi connectivity index (χ4v) is 2.27. The standard InChI is InChI=1S/C16H17NO3/c1-2-20-16(15(17)19,12-6-4-3-5-7-12)13-8-10-14(18)11-9-13/h3-11,18H,2H2,1H3,(H2,17,19)/t16-/m0/s1. The van der Waals surface area contributed by atoms with Crippen LogP contribution in [0.4, 0.5) is 0 Å². The van der Waals surface area contributed by atoms with Gasteiger partial charge in [-0.05, 0) is 30.2 Å². The molecule has 2 rings (SSSR count). The quantitative estimate of drug-likeness (QED) is 0.875. The number of ether oxygens (including phenoxy) is 1. The zero-order valence-electron chi connectivity index (χ0n) is 11.2. The van der Waals surface area contributed by atoms with Gasteiger partial charge in [0.25, 0.3) is 5.91 Å². The first-order chi connectivity index (χ1) is 9.61. The van der Waals surface area contributed by atoms with Gasteiger partial charge in [0.2, 0.25) is 0 Å². The number of nitrogens with two attached hydrogens (primary N) is 1. The first-order valence-electron chi connectivity index (χ1n) is 6.40. The van der Waals surface area contributed by atoms with Gasteiger partial charge in [0.05, 0.1) is 0 Å². The number of phenolic OH excluding ortho intramolecular Hbond substituents is 1. The number of phenols is 1. The lowest BCUT2D eigenvalue weighted by Crippen LogP contribution is -2.44. The molecule has 1 amide bonds. The topological polar surface area (TPSA) is 72.5 Å². The number of rotatable bonds is 5. The van der Waals surface area contributed by atoms with Crippen molar-refractivity contribution in [2.75, 3.05) is 6.61 Å². The molecule has 0 unspecified atom stereocenters. The van der Waals surface area contributed by atoms with Crippen molar-refractivity contribution in [2.45, 2.75) is 12.5 Å². The van der Waals surface area contributed by atoms with Crippen LogP contribution in [0.25, 0.3) is 0 Å². The summed E-state index contributed by atoms with van der Waals surface area (Å²) in [5.41, 5.74) is 5.55. The maximum absolute atomic E-state index is 12.1. The molecule has 4 nitrogen and oxygen atoms in total. The highest BCUT2D eigenvalue weighted by Crippen LogP contribution is 2.34. The van der Waals surface area contributed by atoms with Crippen LogP contribution >= 0.6 is 0 Å². The summed E-state index contributed by atoms with van der Waals surface area (Å²) < 4.78 is 5.75. The Labute approximate surface area is 117 Å². The van der Waals surface area contributed by atoms with Crippen LogP contribution in [0.1, 0.15) is 18.1 Å². The highest BCUT2D eigenvalue weighted by molar-refractivity contribution is 5.89. The second-order valence-corrected chi connectivity index (χ2v) is 4.39. The molecule has 1 atom stereocenters. The van der Waals surface area contributed by atoms with Crippen molar-refractivity contribution in [3.63, 3.8) is 0 Å². The molecule has 3 N–H and O–H groups in total. The van der Waals surface area contributed by atoms with Gasteiger partial charge < -0.3 is 15.6 Å². The van der Waals surface area contributed by atoms with Gasteiger partial charge in [-0.15, -0.1) is 0 Å². The molecule has 0 saturated heterocycles. The minimum absolute atomic E-state index is 0.122. The zero-order valence-corrected chi connectivity index (χ0v) is 11.2. The van der Waals surface area contributed by atoms with Crippen LogP contribution in [0.2, 0.25) is 0 Å². The monoisotopic (exact) mass is 271 g/mol. The fraction of sp³-hybridized carbons (Fsp3) is 0.188. The number of aromatic hydroxyl groups is 1. The number of carbonyl (C=O) groups is 1. The van der Waals surface area contributed by atoms with Gasteiger partial charge in [-0.25, -0.2) is 0 Å². The lowest BCUT2D eigenvalue weighted by molar-refractivity contribution is -0.139. The molecule has 0 heterocycles. The Bertz CT molecular complexity index is 580. The van der Waals surface area contributed by atoms with Gasteiger partial charge >= 0.3 is 0 Å². The number of hydrogen-bond acceptors (Lipinski definition) is 3. The Balaban J connectivity index is 2.65. The Morgan fingerprint density at radius 1 is 1.10 bits per heavy atom. The smallest absolute Gasteiger partial charge is 0.259 e. The summed E-state index contributed by atoms with van der Waals surface area (Å²) in [5, 5.41) is 9.40.